The maximum absolute atomic E-state index is 6.12. The molecule has 0 bridgehead atoms. The number of alkyl halides is 1. The Bertz CT molecular complexity index is 520. The lowest BCUT2D eigenvalue weighted by Gasteiger charge is -2.02. The average molecular weight is 261 g/mol. The van der Waals surface area contributed by atoms with Crippen LogP contribution >= 0.6 is 34.5 Å². The lowest BCUT2D eigenvalue weighted by atomic mass is 10.2. The van der Waals surface area contributed by atoms with E-state index in [4.69, 9.17) is 23.2 Å². The third-order valence-corrected chi connectivity index (χ3v) is 3.93. The van der Waals surface area contributed by atoms with Crippen LogP contribution in [0.1, 0.15) is 28.6 Å². The van der Waals surface area contributed by atoms with E-state index >= 15 is 0 Å². The molecule has 2 rings (SSSR count). The Morgan fingerprint density at radius 2 is 1.93 bits per heavy atom. The molecule has 5 heteroatoms. The zero-order valence-electron chi connectivity index (χ0n) is 8.64. The molecule has 0 spiro atoms. The summed E-state index contributed by atoms with van der Waals surface area (Å²) in [5.41, 5.74) is 1.16. The van der Waals surface area contributed by atoms with Crippen LogP contribution in [0, 0.1) is 13.8 Å². The number of aryl methyl sites for hydroxylation is 2. The summed E-state index contributed by atoms with van der Waals surface area (Å²) < 4.78 is 0. The van der Waals surface area contributed by atoms with Gasteiger partial charge in [0, 0.05) is 4.88 Å². The minimum Gasteiger partial charge on any atom is -0.220 e. The molecular formula is C10H10Cl2N2S. The fraction of sp³-hybridized carbons (Fsp3) is 0.400. The normalized spacial score (nSPS) is 13.4. The van der Waals surface area contributed by atoms with E-state index in [0.717, 1.165) is 15.8 Å². The molecule has 0 saturated carbocycles. The van der Waals surface area contributed by atoms with Gasteiger partial charge in [-0.2, -0.15) is 0 Å². The van der Waals surface area contributed by atoms with Gasteiger partial charge in [0.2, 0.25) is 0 Å². The summed E-state index contributed by atoms with van der Waals surface area (Å²) in [6.07, 6.45) is 0. The molecule has 2 heterocycles. The lowest BCUT2D eigenvalue weighted by Crippen LogP contribution is -1.95. The molecule has 80 valence electrons. The van der Waals surface area contributed by atoms with Crippen molar-refractivity contribution in [2.75, 3.05) is 0 Å². The van der Waals surface area contributed by atoms with Gasteiger partial charge >= 0.3 is 0 Å². The van der Waals surface area contributed by atoms with E-state index in [9.17, 15) is 0 Å². The van der Waals surface area contributed by atoms with Crippen LogP contribution in [0.2, 0.25) is 5.15 Å². The van der Waals surface area contributed by atoms with E-state index in [-0.39, 0.29) is 5.38 Å². The summed E-state index contributed by atoms with van der Waals surface area (Å²) in [4.78, 5) is 10.8. The molecule has 1 unspecified atom stereocenters. The molecule has 2 nitrogen and oxygen atoms in total. The first-order chi connectivity index (χ1) is 7.00. The smallest absolute Gasteiger partial charge is 0.149 e. The van der Waals surface area contributed by atoms with Gasteiger partial charge in [0.05, 0.1) is 10.8 Å². The highest BCUT2D eigenvalue weighted by atomic mass is 35.5. The Balaban J connectivity index is 2.78. The van der Waals surface area contributed by atoms with E-state index in [1.54, 1.807) is 11.3 Å². The fourth-order valence-electron chi connectivity index (χ4n) is 1.39. The summed E-state index contributed by atoms with van der Waals surface area (Å²) in [5.74, 6) is 0.593. The second kappa shape index (κ2) is 3.89. The standard InChI is InChI=1S/C10H10Cl2N2S/c1-4-6(3)15-10-7(4)8(12)13-9(14-10)5(2)11/h5H,1-3H3. The highest BCUT2D eigenvalue weighted by Gasteiger charge is 2.14. The summed E-state index contributed by atoms with van der Waals surface area (Å²) in [5, 5.41) is 1.25. The molecule has 2 aromatic rings. The molecule has 0 radical (unpaired) electrons. The first-order valence-electron chi connectivity index (χ1n) is 4.58. The number of aromatic nitrogens is 2. The largest absolute Gasteiger partial charge is 0.220 e. The molecule has 0 N–H and O–H groups in total. The SMILES string of the molecule is Cc1sc2nc(C(C)Cl)nc(Cl)c2c1C. The predicted octanol–water partition coefficient (Wildman–Crippen LogP) is 4.26. The monoisotopic (exact) mass is 260 g/mol. The van der Waals surface area contributed by atoms with Crippen LogP contribution < -0.4 is 0 Å². The van der Waals surface area contributed by atoms with Gasteiger partial charge < -0.3 is 0 Å². The minimum atomic E-state index is -0.213. The number of hydrogen-bond acceptors (Lipinski definition) is 3. The van der Waals surface area contributed by atoms with Crippen LogP contribution in [0.3, 0.4) is 0 Å². The molecule has 0 aliphatic rings. The van der Waals surface area contributed by atoms with Gasteiger partial charge in [0.25, 0.3) is 0 Å². The Morgan fingerprint density at radius 3 is 2.53 bits per heavy atom. The number of thiophene rings is 1. The van der Waals surface area contributed by atoms with Gasteiger partial charge in [-0.05, 0) is 26.3 Å². The number of hydrogen-bond donors (Lipinski definition) is 0. The van der Waals surface area contributed by atoms with Crippen molar-refractivity contribution in [2.45, 2.75) is 26.1 Å². The zero-order valence-corrected chi connectivity index (χ0v) is 11.0. The van der Waals surface area contributed by atoms with E-state index in [1.807, 2.05) is 13.8 Å². The number of halogens is 2. The Morgan fingerprint density at radius 1 is 1.27 bits per heavy atom. The third-order valence-electron chi connectivity index (χ3n) is 2.36. The average Bonchev–Trinajstić information content (AvgIpc) is 2.42. The predicted molar refractivity (Wildman–Crippen MR) is 66.2 cm³/mol. The maximum atomic E-state index is 6.12. The van der Waals surface area contributed by atoms with Crippen LogP contribution in [0.15, 0.2) is 0 Å². The van der Waals surface area contributed by atoms with Crippen molar-refractivity contribution in [3.05, 3.63) is 21.4 Å². The van der Waals surface area contributed by atoms with E-state index < -0.39 is 0 Å². The summed E-state index contributed by atoms with van der Waals surface area (Å²) >= 11 is 13.7. The topological polar surface area (TPSA) is 25.8 Å². The van der Waals surface area contributed by atoms with E-state index in [0.29, 0.717) is 11.0 Å². The molecule has 2 aromatic heterocycles. The Labute approximate surface area is 102 Å². The molecule has 0 fully saturated rings. The van der Waals surface area contributed by atoms with Crippen molar-refractivity contribution >= 4 is 44.8 Å². The highest BCUT2D eigenvalue weighted by Crippen LogP contribution is 2.34. The van der Waals surface area contributed by atoms with Crippen molar-refractivity contribution in [1.82, 2.24) is 9.97 Å². The molecule has 0 aliphatic carbocycles. The van der Waals surface area contributed by atoms with Crippen LogP contribution in [0.25, 0.3) is 10.2 Å². The van der Waals surface area contributed by atoms with Gasteiger partial charge in [0.1, 0.15) is 15.8 Å². The van der Waals surface area contributed by atoms with Gasteiger partial charge in [-0.3, -0.25) is 0 Å². The fourth-order valence-corrected chi connectivity index (χ4v) is 2.90. The highest BCUT2D eigenvalue weighted by molar-refractivity contribution is 7.18. The quantitative estimate of drug-likeness (QED) is 0.566. The summed E-state index contributed by atoms with van der Waals surface area (Å²) in [7, 11) is 0. The summed E-state index contributed by atoms with van der Waals surface area (Å²) in [6, 6.07) is 0. The van der Waals surface area contributed by atoms with Crippen LogP contribution in [0.5, 0.6) is 0 Å². The zero-order chi connectivity index (χ0) is 11.2. The van der Waals surface area contributed by atoms with Crippen molar-refractivity contribution in [3.8, 4) is 0 Å². The van der Waals surface area contributed by atoms with Crippen molar-refractivity contribution in [1.29, 1.82) is 0 Å². The molecule has 15 heavy (non-hydrogen) atoms. The second-order valence-electron chi connectivity index (χ2n) is 3.45. The second-order valence-corrected chi connectivity index (χ2v) is 5.67. The first kappa shape index (κ1) is 11.1. The van der Waals surface area contributed by atoms with Crippen LogP contribution in [0.4, 0.5) is 0 Å². The molecule has 1 atom stereocenters. The Hall–Kier alpha value is -0.380. The molecule has 0 aromatic carbocycles. The number of fused-ring (bicyclic) bond motifs is 1. The van der Waals surface area contributed by atoms with Gasteiger partial charge in [-0.1, -0.05) is 11.6 Å². The first-order valence-corrected chi connectivity index (χ1v) is 6.21. The van der Waals surface area contributed by atoms with Crippen LogP contribution in [-0.2, 0) is 0 Å². The van der Waals surface area contributed by atoms with Crippen molar-refractivity contribution in [3.63, 3.8) is 0 Å². The molecule has 0 amide bonds. The Kier molecular flexibility index (Phi) is 2.88. The van der Waals surface area contributed by atoms with E-state index in [1.165, 1.54) is 4.88 Å². The number of nitrogens with zero attached hydrogens (tertiary/aromatic N) is 2. The van der Waals surface area contributed by atoms with Gasteiger partial charge in [0.15, 0.2) is 0 Å². The molecule has 0 aliphatic heterocycles. The van der Waals surface area contributed by atoms with Crippen LogP contribution in [-0.4, -0.2) is 9.97 Å². The summed E-state index contributed by atoms with van der Waals surface area (Å²) in [6.45, 7) is 5.93. The molecular weight excluding hydrogens is 251 g/mol. The molecule has 0 saturated heterocycles. The minimum absolute atomic E-state index is 0.213. The maximum Gasteiger partial charge on any atom is 0.149 e. The van der Waals surface area contributed by atoms with E-state index in [2.05, 4.69) is 16.9 Å². The third kappa shape index (κ3) is 1.84. The lowest BCUT2D eigenvalue weighted by molar-refractivity contribution is 0.931. The van der Waals surface area contributed by atoms with Crippen molar-refractivity contribution in [2.24, 2.45) is 0 Å². The van der Waals surface area contributed by atoms with Gasteiger partial charge in [-0.25, -0.2) is 9.97 Å². The number of rotatable bonds is 1. The van der Waals surface area contributed by atoms with Crippen molar-refractivity contribution < 1.29 is 0 Å². The van der Waals surface area contributed by atoms with Gasteiger partial charge in [-0.15, -0.1) is 22.9 Å².